The van der Waals surface area contributed by atoms with Gasteiger partial charge in [0.15, 0.2) is 0 Å². The van der Waals surface area contributed by atoms with Crippen LogP contribution in [0.15, 0.2) is 30.3 Å². The van der Waals surface area contributed by atoms with E-state index < -0.39 is 5.91 Å². The third-order valence-electron chi connectivity index (χ3n) is 2.73. The molecule has 0 bridgehead atoms. The van der Waals surface area contributed by atoms with Crippen LogP contribution in [0.4, 0.5) is 0 Å². The van der Waals surface area contributed by atoms with E-state index in [-0.39, 0.29) is 11.3 Å². The molecule has 2 aromatic carbocycles. The summed E-state index contributed by atoms with van der Waals surface area (Å²) in [6, 6.07) is 9.11. The Hall–Kier alpha value is -1.55. The van der Waals surface area contributed by atoms with Crippen molar-refractivity contribution in [2.24, 2.45) is 5.73 Å². The lowest BCUT2D eigenvalue weighted by Crippen LogP contribution is -2.12. The molecule has 0 unspecified atom stereocenters. The van der Waals surface area contributed by atoms with Crippen LogP contribution < -0.4 is 5.73 Å². The number of halogens is 1. The van der Waals surface area contributed by atoms with E-state index in [0.29, 0.717) is 5.39 Å². The maximum atomic E-state index is 11.3. The first-order chi connectivity index (χ1) is 8.15. The van der Waals surface area contributed by atoms with Crippen molar-refractivity contribution >= 4 is 32.6 Å². The van der Waals surface area contributed by atoms with Gasteiger partial charge in [-0.3, -0.25) is 4.79 Å². The molecule has 0 heterocycles. The smallest absolute Gasteiger partial charge is 0.252 e. The van der Waals surface area contributed by atoms with Crippen molar-refractivity contribution in [1.82, 2.24) is 0 Å². The van der Waals surface area contributed by atoms with Crippen LogP contribution in [0, 0.1) is 0 Å². The lowest BCUT2D eigenvalue weighted by Gasteiger charge is -2.10. The Morgan fingerprint density at radius 3 is 2.53 bits per heavy atom. The number of aromatic hydroxyl groups is 1. The van der Waals surface area contributed by atoms with Crippen LogP contribution in [-0.2, 0) is 6.42 Å². The van der Waals surface area contributed by atoms with E-state index >= 15 is 0 Å². The molecule has 2 rings (SSSR count). The van der Waals surface area contributed by atoms with E-state index in [1.54, 1.807) is 12.1 Å². The van der Waals surface area contributed by atoms with Crippen molar-refractivity contribution in [3.05, 3.63) is 41.5 Å². The molecular formula is C13H12BrNO2. The Balaban J connectivity index is 2.79. The van der Waals surface area contributed by atoms with Crippen LogP contribution in [0.5, 0.6) is 5.75 Å². The fourth-order valence-corrected chi connectivity index (χ4v) is 2.36. The lowest BCUT2D eigenvalue weighted by molar-refractivity contribution is 0.0998. The van der Waals surface area contributed by atoms with Crippen LogP contribution in [0.1, 0.15) is 15.9 Å². The van der Waals surface area contributed by atoms with Gasteiger partial charge in [0.05, 0.1) is 5.56 Å². The largest absolute Gasteiger partial charge is 0.506 e. The number of primary amides is 1. The van der Waals surface area contributed by atoms with Crippen molar-refractivity contribution in [2.75, 3.05) is 5.33 Å². The topological polar surface area (TPSA) is 63.3 Å². The second-order valence-corrected chi connectivity index (χ2v) is 4.57. The predicted molar refractivity (Wildman–Crippen MR) is 71.6 cm³/mol. The van der Waals surface area contributed by atoms with Gasteiger partial charge in [-0.15, -0.1) is 0 Å². The highest BCUT2D eigenvalue weighted by molar-refractivity contribution is 9.09. The van der Waals surface area contributed by atoms with Crippen molar-refractivity contribution in [3.63, 3.8) is 0 Å². The molecular weight excluding hydrogens is 282 g/mol. The number of benzene rings is 2. The predicted octanol–water partition coefficient (Wildman–Crippen LogP) is 2.58. The van der Waals surface area contributed by atoms with Gasteiger partial charge in [-0.2, -0.15) is 0 Å². The quantitative estimate of drug-likeness (QED) is 0.855. The number of carbonyl (C=O) groups is 1. The Bertz CT molecular complexity index is 581. The van der Waals surface area contributed by atoms with Crippen molar-refractivity contribution in [1.29, 1.82) is 0 Å². The molecule has 2 aromatic rings. The third kappa shape index (κ3) is 2.13. The molecule has 0 aliphatic carbocycles. The number of carbonyl (C=O) groups excluding carboxylic acids is 1. The second-order valence-electron chi connectivity index (χ2n) is 3.78. The number of amides is 1. The highest BCUT2D eigenvalue weighted by atomic mass is 79.9. The van der Waals surface area contributed by atoms with Gasteiger partial charge in [-0.1, -0.05) is 40.2 Å². The molecule has 4 heteroatoms. The summed E-state index contributed by atoms with van der Waals surface area (Å²) < 4.78 is 0. The number of phenols is 1. The summed E-state index contributed by atoms with van der Waals surface area (Å²) in [6.07, 6.45) is 0.779. The first-order valence-corrected chi connectivity index (χ1v) is 6.36. The maximum Gasteiger partial charge on any atom is 0.252 e. The van der Waals surface area contributed by atoms with E-state index in [1.165, 1.54) is 0 Å². The standard InChI is InChI=1S/C13H12BrNO2/c14-6-5-8-7-11(13(15)17)12(16)10-4-2-1-3-9(8)10/h1-4,7,16H,5-6H2,(H2,15,17). The Morgan fingerprint density at radius 2 is 1.94 bits per heavy atom. The zero-order valence-corrected chi connectivity index (χ0v) is 10.7. The van der Waals surface area contributed by atoms with E-state index in [0.717, 1.165) is 22.7 Å². The average Bonchev–Trinajstić information content (AvgIpc) is 2.33. The molecule has 0 atom stereocenters. The third-order valence-corrected chi connectivity index (χ3v) is 3.13. The molecule has 1 amide bonds. The highest BCUT2D eigenvalue weighted by Crippen LogP contribution is 2.31. The number of hydrogen-bond acceptors (Lipinski definition) is 2. The van der Waals surface area contributed by atoms with Crippen molar-refractivity contribution in [3.8, 4) is 5.75 Å². The van der Waals surface area contributed by atoms with Gasteiger partial charge in [-0.25, -0.2) is 0 Å². The lowest BCUT2D eigenvalue weighted by atomic mass is 9.98. The molecule has 0 aromatic heterocycles. The number of alkyl halides is 1. The Labute approximate surface area is 107 Å². The minimum atomic E-state index is -0.607. The number of rotatable bonds is 3. The van der Waals surface area contributed by atoms with Crippen LogP contribution in [0.25, 0.3) is 10.8 Å². The number of fused-ring (bicyclic) bond motifs is 1. The first kappa shape index (κ1) is 11.9. The zero-order valence-electron chi connectivity index (χ0n) is 9.11. The van der Waals surface area contributed by atoms with Crippen LogP contribution in [-0.4, -0.2) is 16.3 Å². The van der Waals surface area contributed by atoms with E-state index in [4.69, 9.17) is 5.73 Å². The SMILES string of the molecule is NC(=O)c1cc(CCBr)c2ccccc2c1O. The fraction of sp³-hybridized carbons (Fsp3) is 0.154. The highest BCUT2D eigenvalue weighted by Gasteiger charge is 2.14. The Kier molecular flexibility index (Phi) is 3.33. The second kappa shape index (κ2) is 4.75. The summed E-state index contributed by atoms with van der Waals surface area (Å²) >= 11 is 3.37. The summed E-state index contributed by atoms with van der Waals surface area (Å²) in [6.45, 7) is 0. The number of aryl methyl sites for hydroxylation is 1. The van der Waals surface area contributed by atoms with Crippen LogP contribution in [0.3, 0.4) is 0 Å². The summed E-state index contributed by atoms with van der Waals surface area (Å²) in [5.41, 5.74) is 6.44. The molecule has 0 radical (unpaired) electrons. The summed E-state index contributed by atoms with van der Waals surface area (Å²) in [7, 11) is 0. The molecule has 0 spiro atoms. The van der Waals surface area contributed by atoms with Crippen molar-refractivity contribution in [2.45, 2.75) is 6.42 Å². The molecule has 88 valence electrons. The normalized spacial score (nSPS) is 10.6. The monoisotopic (exact) mass is 293 g/mol. The number of hydrogen-bond donors (Lipinski definition) is 2. The van der Waals surface area contributed by atoms with Gasteiger partial charge in [0.2, 0.25) is 0 Å². The molecule has 3 N–H and O–H groups in total. The van der Waals surface area contributed by atoms with Gasteiger partial charge in [0.1, 0.15) is 5.75 Å². The Morgan fingerprint density at radius 1 is 1.29 bits per heavy atom. The molecule has 0 fully saturated rings. The van der Waals surface area contributed by atoms with Gasteiger partial charge < -0.3 is 10.8 Å². The molecule has 0 aliphatic heterocycles. The summed E-state index contributed by atoms with van der Waals surface area (Å²) in [4.78, 5) is 11.3. The summed E-state index contributed by atoms with van der Waals surface area (Å²) in [5.74, 6) is -0.643. The molecule has 3 nitrogen and oxygen atoms in total. The van der Waals surface area contributed by atoms with Gasteiger partial charge in [0, 0.05) is 10.7 Å². The van der Waals surface area contributed by atoms with E-state index in [2.05, 4.69) is 15.9 Å². The fourth-order valence-electron chi connectivity index (χ4n) is 1.93. The van der Waals surface area contributed by atoms with Gasteiger partial charge >= 0.3 is 0 Å². The average molecular weight is 294 g/mol. The first-order valence-electron chi connectivity index (χ1n) is 5.24. The molecule has 0 saturated carbocycles. The van der Waals surface area contributed by atoms with Gasteiger partial charge in [-0.05, 0) is 23.4 Å². The van der Waals surface area contributed by atoms with E-state index in [9.17, 15) is 9.90 Å². The van der Waals surface area contributed by atoms with E-state index in [1.807, 2.05) is 18.2 Å². The molecule has 0 saturated heterocycles. The minimum Gasteiger partial charge on any atom is -0.506 e. The minimum absolute atomic E-state index is 0.0357. The van der Waals surface area contributed by atoms with Crippen LogP contribution in [0.2, 0.25) is 0 Å². The molecule has 0 aliphatic rings. The van der Waals surface area contributed by atoms with Crippen LogP contribution >= 0.6 is 15.9 Å². The summed E-state index contributed by atoms with van der Waals surface area (Å²) in [5, 5.41) is 12.4. The number of nitrogens with two attached hydrogens (primary N) is 1. The molecule has 17 heavy (non-hydrogen) atoms. The van der Waals surface area contributed by atoms with Gasteiger partial charge in [0.25, 0.3) is 5.91 Å². The maximum absolute atomic E-state index is 11.3. The zero-order chi connectivity index (χ0) is 12.4. The van der Waals surface area contributed by atoms with Crippen molar-refractivity contribution < 1.29 is 9.90 Å².